The summed E-state index contributed by atoms with van der Waals surface area (Å²) in [7, 11) is -1.94. The van der Waals surface area contributed by atoms with Crippen LogP contribution < -0.4 is 5.32 Å². The molecule has 1 aliphatic heterocycles. The molecule has 0 bridgehead atoms. The highest BCUT2D eigenvalue weighted by Crippen LogP contribution is 2.19. The number of hydrogen-bond acceptors (Lipinski definition) is 5. The molecule has 1 aliphatic rings. The minimum absolute atomic E-state index is 0.00951. The van der Waals surface area contributed by atoms with Gasteiger partial charge >= 0.3 is 5.97 Å². The second kappa shape index (κ2) is 5.90. The van der Waals surface area contributed by atoms with Gasteiger partial charge in [0.05, 0.1) is 17.1 Å². The van der Waals surface area contributed by atoms with E-state index in [-0.39, 0.29) is 17.5 Å². The highest BCUT2D eigenvalue weighted by atomic mass is 32.2. The van der Waals surface area contributed by atoms with Crippen molar-refractivity contribution in [2.75, 3.05) is 26.7 Å². The smallest absolute Gasteiger partial charge is 0.338 e. The van der Waals surface area contributed by atoms with Crippen LogP contribution in [0.25, 0.3) is 0 Å². The van der Waals surface area contributed by atoms with Gasteiger partial charge in [0.25, 0.3) is 0 Å². The molecule has 0 spiro atoms. The van der Waals surface area contributed by atoms with Crippen molar-refractivity contribution in [2.24, 2.45) is 0 Å². The monoisotopic (exact) mass is 298 g/mol. The molecule has 0 saturated carbocycles. The van der Waals surface area contributed by atoms with Gasteiger partial charge in [0, 0.05) is 26.2 Å². The second-order valence-corrected chi connectivity index (χ2v) is 6.58. The molecule has 6 nitrogen and oxygen atoms in total. The molecule has 0 aromatic heterocycles. The molecular formula is C13H18N2O4S. The maximum absolute atomic E-state index is 12.4. The molecule has 1 aromatic carbocycles. The molecule has 0 atom stereocenters. The van der Waals surface area contributed by atoms with Gasteiger partial charge in [-0.3, -0.25) is 0 Å². The van der Waals surface area contributed by atoms with Crippen molar-refractivity contribution < 1.29 is 17.9 Å². The van der Waals surface area contributed by atoms with E-state index in [1.807, 2.05) is 0 Å². The third-order valence-electron chi connectivity index (χ3n) is 3.32. The summed E-state index contributed by atoms with van der Waals surface area (Å²) in [6.07, 6.45) is 0. The summed E-state index contributed by atoms with van der Waals surface area (Å²) in [5, 5.41) is 3.04. The van der Waals surface area contributed by atoms with Gasteiger partial charge in [-0.05, 0) is 31.2 Å². The van der Waals surface area contributed by atoms with Crippen LogP contribution in [0.4, 0.5) is 0 Å². The van der Waals surface area contributed by atoms with Gasteiger partial charge in [0.1, 0.15) is 0 Å². The summed E-state index contributed by atoms with van der Waals surface area (Å²) in [5.74, 6) is -0.451. The van der Waals surface area contributed by atoms with Crippen LogP contribution in [0.5, 0.6) is 0 Å². The molecule has 1 N–H and O–H groups in total. The van der Waals surface area contributed by atoms with Gasteiger partial charge in [-0.15, -0.1) is 0 Å². The molecule has 20 heavy (non-hydrogen) atoms. The summed E-state index contributed by atoms with van der Waals surface area (Å²) >= 11 is 0. The van der Waals surface area contributed by atoms with E-state index in [0.717, 1.165) is 0 Å². The number of likely N-dealkylation sites (N-methyl/N-ethyl adjacent to an activating group) is 1. The van der Waals surface area contributed by atoms with Crippen molar-refractivity contribution in [3.05, 3.63) is 29.8 Å². The zero-order valence-corrected chi connectivity index (χ0v) is 12.3. The summed E-state index contributed by atoms with van der Waals surface area (Å²) in [6, 6.07) is 5.80. The highest BCUT2D eigenvalue weighted by Gasteiger charge is 2.31. The molecule has 0 unspecified atom stereocenters. The fourth-order valence-corrected chi connectivity index (χ4v) is 3.22. The molecule has 1 fully saturated rings. The van der Waals surface area contributed by atoms with Gasteiger partial charge in [0.15, 0.2) is 0 Å². The van der Waals surface area contributed by atoms with Crippen molar-refractivity contribution in [1.82, 2.24) is 9.62 Å². The number of hydrogen-bond donors (Lipinski definition) is 1. The van der Waals surface area contributed by atoms with Gasteiger partial charge in [0.2, 0.25) is 10.0 Å². The standard InChI is InChI=1S/C13H18N2O4S/c1-3-19-13(16)10-4-6-12(7-5-10)20(17,18)15(2)11-8-14-9-11/h4-7,11,14H,3,8-9H2,1-2H3. The molecule has 110 valence electrons. The Morgan fingerprint density at radius 2 is 1.95 bits per heavy atom. The number of esters is 1. The van der Waals surface area contributed by atoms with Gasteiger partial charge in [-0.2, -0.15) is 4.31 Å². The van der Waals surface area contributed by atoms with Crippen molar-refractivity contribution in [2.45, 2.75) is 17.9 Å². The number of sulfonamides is 1. The molecule has 1 heterocycles. The Labute approximate surface area is 118 Å². The van der Waals surface area contributed by atoms with Crippen LogP contribution in [0.2, 0.25) is 0 Å². The molecule has 1 saturated heterocycles. The Morgan fingerprint density at radius 1 is 1.35 bits per heavy atom. The fourth-order valence-electron chi connectivity index (χ4n) is 1.87. The topological polar surface area (TPSA) is 75.7 Å². The molecule has 0 radical (unpaired) electrons. The third kappa shape index (κ3) is 2.84. The first-order chi connectivity index (χ1) is 9.46. The van der Waals surface area contributed by atoms with Crippen LogP contribution in [0, 0.1) is 0 Å². The van der Waals surface area contributed by atoms with E-state index in [4.69, 9.17) is 4.74 Å². The van der Waals surface area contributed by atoms with Gasteiger partial charge < -0.3 is 10.1 Å². The number of ether oxygens (including phenoxy) is 1. The predicted molar refractivity (Wildman–Crippen MR) is 74.0 cm³/mol. The average molecular weight is 298 g/mol. The van der Waals surface area contributed by atoms with Crippen LogP contribution >= 0.6 is 0 Å². The van der Waals surface area contributed by atoms with Crippen molar-refractivity contribution in [1.29, 1.82) is 0 Å². The lowest BCUT2D eigenvalue weighted by atomic mass is 10.2. The van der Waals surface area contributed by atoms with Crippen molar-refractivity contribution in [3.8, 4) is 0 Å². The second-order valence-electron chi connectivity index (χ2n) is 4.58. The fraction of sp³-hybridized carbons (Fsp3) is 0.462. The van der Waals surface area contributed by atoms with E-state index >= 15 is 0 Å². The number of nitrogens with zero attached hydrogens (tertiary/aromatic N) is 1. The highest BCUT2D eigenvalue weighted by molar-refractivity contribution is 7.89. The first-order valence-corrected chi connectivity index (χ1v) is 7.86. The van der Waals surface area contributed by atoms with Crippen LogP contribution in [0.15, 0.2) is 29.2 Å². The SMILES string of the molecule is CCOC(=O)c1ccc(S(=O)(=O)N(C)C2CNC2)cc1. The van der Waals surface area contributed by atoms with Crippen molar-refractivity contribution in [3.63, 3.8) is 0 Å². The summed E-state index contributed by atoms with van der Waals surface area (Å²) in [6.45, 7) is 3.34. The molecular weight excluding hydrogens is 280 g/mol. The van der Waals surface area contributed by atoms with Crippen LogP contribution in [0.1, 0.15) is 17.3 Å². The Morgan fingerprint density at radius 3 is 2.40 bits per heavy atom. The van der Waals surface area contributed by atoms with E-state index in [2.05, 4.69) is 5.32 Å². The lowest BCUT2D eigenvalue weighted by Crippen LogP contribution is -2.57. The minimum Gasteiger partial charge on any atom is -0.462 e. The first kappa shape index (κ1) is 15.0. The first-order valence-electron chi connectivity index (χ1n) is 6.42. The largest absolute Gasteiger partial charge is 0.462 e. The predicted octanol–water partition coefficient (Wildman–Crippen LogP) is 0.456. The Hall–Kier alpha value is -1.44. The van der Waals surface area contributed by atoms with Crippen LogP contribution in [-0.2, 0) is 14.8 Å². The number of benzene rings is 1. The lowest BCUT2D eigenvalue weighted by Gasteiger charge is -2.34. The van der Waals surface area contributed by atoms with Crippen LogP contribution in [-0.4, -0.2) is 51.5 Å². The number of carbonyl (C=O) groups excluding carboxylic acids is 1. The van der Waals surface area contributed by atoms with E-state index in [1.54, 1.807) is 14.0 Å². The van der Waals surface area contributed by atoms with Crippen molar-refractivity contribution >= 4 is 16.0 Å². The molecule has 2 rings (SSSR count). The minimum atomic E-state index is -3.51. The molecule has 0 amide bonds. The van der Waals surface area contributed by atoms with E-state index in [0.29, 0.717) is 18.7 Å². The Bertz CT molecular complexity index is 579. The molecule has 7 heteroatoms. The maximum Gasteiger partial charge on any atom is 0.338 e. The number of nitrogens with one attached hydrogen (secondary N) is 1. The van der Waals surface area contributed by atoms with E-state index in [1.165, 1.54) is 28.6 Å². The number of rotatable bonds is 5. The zero-order valence-electron chi connectivity index (χ0n) is 11.5. The molecule has 1 aromatic rings. The zero-order chi connectivity index (χ0) is 14.8. The summed E-state index contributed by atoms with van der Waals surface area (Å²) in [5.41, 5.74) is 0.346. The lowest BCUT2D eigenvalue weighted by molar-refractivity contribution is 0.0526. The molecule has 0 aliphatic carbocycles. The van der Waals surface area contributed by atoms with Gasteiger partial charge in [-0.25, -0.2) is 13.2 Å². The Balaban J connectivity index is 2.18. The maximum atomic E-state index is 12.4. The third-order valence-corrected chi connectivity index (χ3v) is 5.24. The summed E-state index contributed by atoms with van der Waals surface area (Å²) in [4.78, 5) is 11.7. The van der Waals surface area contributed by atoms with Crippen LogP contribution in [0.3, 0.4) is 0 Å². The van der Waals surface area contributed by atoms with E-state index in [9.17, 15) is 13.2 Å². The normalized spacial score (nSPS) is 15.9. The number of carbonyl (C=O) groups is 1. The quantitative estimate of drug-likeness (QED) is 0.799. The summed E-state index contributed by atoms with van der Waals surface area (Å²) < 4.78 is 30.9. The van der Waals surface area contributed by atoms with E-state index < -0.39 is 16.0 Å². The van der Waals surface area contributed by atoms with Gasteiger partial charge in [-0.1, -0.05) is 0 Å². The Kier molecular flexibility index (Phi) is 4.42. The average Bonchev–Trinajstić information content (AvgIpc) is 2.37.